The number of aliphatic hydroxyl groups excluding tert-OH is 1. The van der Waals surface area contributed by atoms with Crippen molar-refractivity contribution in [2.75, 3.05) is 25.8 Å². The van der Waals surface area contributed by atoms with Crippen LogP contribution in [0, 0.1) is 0 Å². The van der Waals surface area contributed by atoms with E-state index in [4.69, 9.17) is 14.2 Å². The Kier molecular flexibility index (Phi) is 7.03. The van der Waals surface area contributed by atoms with Crippen molar-refractivity contribution in [2.24, 2.45) is 0 Å². The Labute approximate surface area is 189 Å². The number of carbonyl (C=O) groups excluding carboxylic acids is 1. The summed E-state index contributed by atoms with van der Waals surface area (Å²) in [6.07, 6.45) is -1.16. The maximum atomic E-state index is 13.0. The third-order valence-corrected chi connectivity index (χ3v) is 6.29. The fourth-order valence-corrected chi connectivity index (χ4v) is 4.31. The number of amides is 2. The topological polar surface area (TPSA) is 198 Å². The monoisotopic (exact) mass is 503 g/mol. The van der Waals surface area contributed by atoms with Crippen LogP contribution in [0.3, 0.4) is 0 Å². The summed E-state index contributed by atoms with van der Waals surface area (Å²) in [5.41, 5.74) is 0.381. The van der Waals surface area contributed by atoms with Crippen molar-refractivity contribution in [1.29, 1.82) is 0 Å². The first-order chi connectivity index (χ1) is 15.4. The number of carbonyl (C=O) groups is 1. The fraction of sp³-hybridized carbons (Fsp3) is 0.353. The summed E-state index contributed by atoms with van der Waals surface area (Å²) >= 11 is 0. The summed E-state index contributed by atoms with van der Waals surface area (Å²) < 4.78 is 67.5. The van der Waals surface area contributed by atoms with Crippen molar-refractivity contribution >= 4 is 32.0 Å². The SMILES string of the molecule is COc1cc(OC)nc(NC(=O)NS(=O)(=O)c2cc(CNS(C)(=O)=O)ccc2C2OC2O)n1. The van der Waals surface area contributed by atoms with Crippen molar-refractivity contribution in [2.45, 2.75) is 23.8 Å². The number of rotatable bonds is 9. The average Bonchev–Trinajstić information content (AvgIpc) is 3.47. The molecule has 1 aliphatic rings. The molecule has 1 aliphatic heterocycles. The smallest absolute Gasteiger partial charge is 0.335 e. The first-order valence-electron chi connectivity index (χ1n) is 9.13. The Morgan fingerprint density at radius 2 is 1.73 bits per heavy atom. The number of epoxide rings is 1. The lowest BCUT2D eigenvalue weighted by molar-refractivity contribution is 0.156. The minimum atomic E-state index is -4.49. The molecule has 16 heteroatoms. The Morgan fingerprint density at radius 1 is 1.12 bits per heavy atom. The molecule has 1 saturated heterocycles. The van der Waals surface area contributed by atoms with Crippen molar-refractivity contribution in [1.82, 2.24) is 19.4 Å². The van der Waals surface area contributed by atoms with E-state index < -0.39 is 38.5 Å². The molecule has 0 saturated carbocycles. The van der Waals surface area contributed by atoms with Gasteiger partial charge in [-0.25, -0.2) is 31.1 Å². The number of aliphatic hydroxyl groups is 1. The largest absolute Gasteiger partial charge is 0.481 e. The highest BCUT2D eigenvalue weighted by Gasteiger charge is 2.42. The minimum Gasteiger partial charge on any atom is -0.481 e. The summed E-state index contributed by atoms with van der Waals surface area (Å²) in [5, 5.41) is 11.7. The molecule has 33 heavy (non-hydrogen) atoms. The number of hydrogen-bond donors (Lipinski definition) is 4. The van der Waals surface area contributed by atoms with Crippen LogP contribution in [0.1, 0.15) is 17.2 Å². The molecule has 0 radical (unpaired) electrons. The highest BCUT2D eigenvalue weighted by atomic mass is 32.2. The molecule has 2 atom stereocenters. The van der Waals surface area contributed by atoms with Crippen LogP contribution in [0.4, 0.5) is 10.7 Å². The summed E-state index contributed by atoms with van der Waals surface area (Å²) in [7, 11) is -5.37. The maximum Gasteiger partial charge on any atom is 0.335 e. The zero-order valence-electron chi connectivity index (χ0n) is 17.6. The maximum absolute atomic E-state index is 13.0. The van der Waals surface area contributed by atoms with Gasteiger partial charge >= 0.3 is 6.03 Å². The third kappa shape index (κ3) is 6.48. The van der Waals surface area contributed by atoms with Crippen molar-refractivity contribution < 1.29 is 40.9 Å². The van der Waals surface area contributed by atoms with Crippen LogP contribution in [0.25, 0.3) is 0 Å². The number of anilines is 1. The second kappa shape index (κ2) is 9.44. The number of benzene rings is 1. The van der Waals surface area contributed by atoms with Gasteiger partial charge in [0.1, 0.15) is 6.10 Å². The molecule has 2 aromatic rings. The average molecular weight is 504 g/mol. The number of methoxy groups -OCH3 is 2. The molecular weight excluding hydrogens is 482 g/mol. The van der Waals surface area contributed by atoms with Gasteiger partial charge in [0, 0.05) is 12.1 Å². The molecule has 14 nitrogen and oxygen atoms in total. The summed E-state index contributed by atoms with van der Waals surface area (Å²) in [4.78, 5) is 19.7. The van der Waals surface area contributed by atoms with E-state index in [-0.39, 0.29) is 34.7 Å². The zero-order chi connectivity index (χ0) is 24.4. The first kappa shape index (κ1) is 24.6. The van der Waals surface area contributed by atoms with Crippen LogP contribution in [-0.2, 0) is 31.3 Å². The Bertz CT molecular complexity index is 1250. The minimum absolute atomic E-state index is 0.0632. The third-order valence-electron chi connectivity index (χ3n) is 4.23. The van der Waals surface area contributed by atoms with Gasteiger partial charge in [-0.3, -0.25) is 5.32 Å². The fourth-order valence-electron chi connectivity index (χ4n) is 2.68. The lowest BCUT2D eigenvalue weighted by Crippen LogP contribution is -2.35. The predicted molar refractivity (Wildman–Crippen MR) is 112 cm³/mol. The molecular formula is C17H21N5O9S2. The van der Waals surface area contributed by atoms with Crippen LogP contribution in [0.2, 0.25) is 0 Å². The van der Waals surface area contributed by atoms with Gasteiger partial charge in [0.2, 0.25) is 27.7 Å². The van der Waals surface area contributed by atoms with E-state index >= 15 is 0 Å². The molecule has 180 valence electrons. The Hall–Kier alpha value is -3.05. The predicted octanol–water partition coefficient (Wildman–Crippen LogP) is -0.557. The summed E-state index contributed by atoms with van der Waals surface area (Å²) in [6, 6.07) is 4.17. The molecule has 4 N–H and O–H groups in total. The Balaban J connectivity index is 1.85. The molecule has 0 aliphatic carbocycles. The van der Waals surface area contributed by atoms with E-state index in [1.165, 1.54) is 38.5 Å². The Morgan fingerprint density at radius 3 is 2.24 bits per heavy atom. The molecule has 2 heterocycles. The number of ether oxygens (including phenoxy) is 3. The van der Waals surface area contributed by atoms with Gasteiger partial charge in [-0.2, -0.15) is 9.97 Å². The van der Waals surface area contributed by atoms with Gasteiger partial charge in [0.15, 0.2) is 6.29 Å². The molecule has 1 aromatic heterocycles. The van der Waals surface area contributed by atoms with Crippen molar-refractivity contribution in [3.05, 3.63) is 35.4 Å². The lowest BCUT2D eigenvalue weighted by atomic mass is 10.1. The number of hydrogen-bond acceptors (Lipinski definition) is 11. The van der Waals surface area contributed by atoms with E-state index in [0.717, 1.165) is 6.26 Å². The number of urea groups is 1. The van der Waals surface area contributed by atoms with Gasteiger partial charge < -0.3 is 19.3 Å². The highest BCUT2D eigenvalue weighted by molar-refractivity contribution is 7.90. The van der Waals surface area contributed by atoms with Crippen LogP contribution in [0.5, 0.6) is 11.8 Å². The van der Waals surface area contributed by atoms with E-state index in [1.54, 1.807) is 0 Å². The molecule has 0 bridgehead atoms. The molecule has 2 unspecified atom stereocenters. The van der Waals surface area contributed by atoms with Crippen LogP contribution < -0.4 is 24.2 Å². The molecule has 1 fully saturated rings. The van der Waals surface area contributed by atoms with Gasteiger partial charge in [-0.15, -0.1) is 0 Å². The number of aromatic nitrogens is 2. The molecule has 3 rings (SSSR count). The van der Waals surface area contributed by atoms with Crippen molar-refractivity contribution in [3.63, 3.8) is 0 Å². The van der Waals surface area contributed by atoms with Crippen LogP contribution in [0.15, 0.2) is 29.2 Å². The lowest BCUT2D eigenvalue weighted by Gasteiger charge is -2.13. The molecule has 2 amide bonds. The normalized spacial score (nSPS) is 17.8. The first-order valence-corrected chi connectivity index (χ1v) is 12.5. The van der Waals surface area contributed by atoms with Crippen LogP contribution >= 0.6 is 0 Å². The molecule has 1 aromatic carbocycles. The number of sulfonamides is 2. The summed E-state index contributed by atoms with van der Waals surface area (Å²) in [5.74, 6) is -0.160. The standard InChI is InChI=1S/C17H21N5O9S2/c1-29-12-7-13(30-2)20-16(19-12)21-17(24)22-33(27,28)11-6-9(8-18-32(3,25)26)4-5-10(11)14-15(23)31-14/h4-7,14-15,18,23H,8H2,1-3H3,(H2,19,20,21,22,24). The van der Waals surface area contributed by atoms with Gasteiger partial charge in [0.25, 0.3) is 10.0 Å². The summed E-state index contributed by atoms with van der Waals surface area (Å²) in [6.45, 7) is -0.195. The van der Waals surface area contributed by atoms with Crippen LogP contribution in [-0.4, -0.2) is 64.7 Å². The van der Waals surface area contributed by atoms with E-state index in [0.29, 0.717) is 5.56 Å². The second-order valence-corrected chi connectivity index (χ2v) is 10.2. The van der Waals surface area contributed by atoms with Gasteiger partial charge in [0.05, 0.1) is 31.4 Å². The van der Waals surface area contributed by atoms with E-state index in [2.05, 4.69) is 20.0 Å². The van der Waals surface area contributed by atoms with E-state index in [9.17, 15) is 26.7 Å². The quantitative estimate of drug-likeness (QED) is 0.320. The molecule has 0 spiro atoms. The van der Waals surface area contributed by atoms with E-state index in [1.807, 2.05) is 4.72 Å². The number of nitrogens with one attached hydrogen (secondary N) is 3. The van der Waals surface area contributed by atoms with Gasteiger partial charge in [-0.05, 0) is 11.6 Å². The van der Waals surface area contributed by atoms with Gasteiger partial charge in [-0.1, -0.05) is 12.1 Å². The number of nitrogens with zero attached hydrogens (tertiary/aromatic N) is 2. The van der Waals surface area contributed by atoms with Crippen molar-refractivity contribution in [3.8, 4) is 11.8 Å². The second-order valence-electron chi connectivity index (χ2n) is 6.75. The highest BCUT2D eigenvalue weighted by Crippen LogP contribution is 2.40. The zero-order valence-corrected chi connectivity index (χ0v) is 19.2.